The topological polar surface area (TPSA) is 38.3 Å². The summed E-state index contributed by atoms with van der Waals surface area (Å²) in [6.45, 7) is 4.26. The molecule has 5 heteroatoms. The van der Waals surface area contributed by atoms with E-state index in [9.17, 15) is 0 Å². The van der Waals surface area contributed by atoms with Crippen molar-refractivity contribution >= 4 is 21.6 Å². The highest BCUT2D eigenvalue weighted by atomic mass is 32.1. The van der Waals surface area contributed by atoms with Crippen molar-refractivity contribution in [1.29, 1.82) is 0 Å². The minimum Gasteiger partial charge on any atom is -0.474 e. The van der Waals surface area contributed by atoms with Gasteiger partial charge in [0.2, 0.25) is 5.88 Å². The molecule has 1 aliphatic carbocycles. The van der Waals surface area contributed by atoms with E-state index in [-0.39, 0.29) is 0 Å². The lowest BCUT2D eigenvalue weighted by Crippen LogP contribution is -2.35. The van der Waals surface area contributed by atoms with Crippen molar-refractivity contribution in [1.82, 2.24) is 14.9 Å². The van der Waals surface area contributed by atoms with Gasteiger partial charge in [-0.3, -0.25) is 0 Å². The Morgan fingerprint density at radius 1 is 1.14 bits per heavy atom. The second kappa shape index (κ2) is 5.89. The van der Waals surface area contributed by atoms with Gasteiger partial charge in [-0.05, 0) is 59.2 Å². The van der Waals surface area contributed by atoms with Crippen molar-refractivity contribution in [2.75, 3.05) is 14.1 Å². The Balaban J connectivity index is 1.77. The highest BCUT2D eigenvalue weighted by molar-refractivity contribution is 7.18. The highest BCUT2D eigenvalue weighted by Crippen LogP contribution is 2.35. The first-order valence-electron chi connectivity index (χ1n) is 7.60. The minimum absolute atomic E-state index is 0.291. The van der Waals surface area contributed by atoms with Crippen molar-refractivity contribution < 1.29 is 4.74 Å². The monoisotopic (exact) mass is 305 g/mol. The van der Waals surface area contributed by atoms with Crippen molar-refractivity contribution in [3.8, 4) is 5.88 Å². The van der Waals surface area contributed by atoms with Crippen LogP contribution < -0.4 is 4.74 Å². The number of hydrogen-bond acceptors (Lipinski definition) is 5. The molecular formula is C16H23N3OS. The van der Waals surface area contributed by atoms with Crippen LogP contribution >= 0.6 is 11.3 Å². The molecule has 0 spiro atoms. The van der Waals surface area contributed by atoms with Crippen LogP contribution in [0.3, 0.4) is 0 Å². The van der Waals surface area contributed by atoms with Crippen LogP contribution in [0.4, 0.5) is 0 Å². The minimum atomic E-state index is 0.291. The first-order chi connectivity index (χ1) is 10.1. The molecule has 0 unspecified atom stereocenters. The average Bonchev–Trinajstić information content (AvgIpc) is 2.76. The first-order valence-corrected chi connectivity index (χ1v) is 8.41. The van der Waals surface area contributed by atoms with E-state index in [0.717, 1.165) is 28.9 Å². The van der Waals surface area contributed by atoms with Gasteiger partial charge in [0.1, 0.15) is 17.3 Å². The van der Waals surface area contributed by atoms with E-state index in [1.807, 2.05) is 0 Å². The summed E-state index contributed by atoms with van der Waals surface area (Å²) < 4.78 is 6.23. The van der Waals surface area contributed by atoms with E-state index in [0.29, 0.717) is 12.1 Å². The molecule has 0 amide bonds. The van der Waals surface area contributed by atoms with E-state index in [1.54, 1.807) is 17.7 Å². The Bertz CT molecular complexity index is 630. The maximum Gasteiger partial charge on any atom is 0.225 e. The third-order valence-electron chi connectivity index (χ3n) is 4.58. The van der Waals surface area contributed by atoms with Gasteiger partial charge in [-0.2, -0.15) is 0 Å². The molecule has 0 saturated heterocycles. The van der Waals surface area contributed by atoms with Crippen LogP contribution in [0.5, 0.6) is 5.88 Å². The van der Waals surface area contributed by atoms with Gasteiger partial charge in [-0.25, -0.2) is 9.97 Å². The van der Waals surface area contributed by atoms with Crippen molar-refractivity contribution in [2.45, 2.75) is 51.7 Å². The fourth-order valence-corrected chi connectivity index (χ4v) is 4.06. The zero-order chi connectivity index (χ0) is 15.0. The molecule has 21 heavy (non-hydrogen) atoms. The summed E-state index contributed by atoms with van der Waals surface area (Å²) in [5, 5.41) is 1.11. The molecule has 0 aliphatic heterocycles. The Labute approximate surface area is 130 Å². The van der Waals surface area contributed by atoms with Gasteiger partial charge in [0.25, 0.3) is 0 Å². The molecule has 3 rings (SSSR count). The summed E-state index contributed by atoms with van der Waals surface area (Å²) in [6.07, 6.45) is 6.53. The van der Waals surface area contributed by atoms with Gasteiger partial charge in [0.15, 0.2) is 0 Å². The molecule has 4 nitrogen and oxygen atoms in total. The summed E-state index contributed by atoms with van der Waals surface area (Å²) >= 11 is 1.72. The standard InChI is InChI=1S/C16H23N3OS/c1-10-11(2)21-16-14(10)15(17-9-18-16)20-13-7-5-12(6-8-13)19(3)4/h9,12-13H,5-8H2,1-4H3/t12-,13-. The van der Waals surface area contributed by atoms with Crippen molar-refractivity contribution in [2.24, 2.45) is 0 Å². The Hall–Kier alpha value is -1.20. The van der Waals surface area contributed by atoms with Crippen LogP contribution in [0.2, 0.25) is 0 Å². The van der Waals surface area contributed by atoms with Crippen LogP contribution in [0, 0.1) is 13.8 Å². The summed E-state index contributed by atoms with van der Waals surface area (Å²) in [5.41, 5.74) is 1.26. The number of aromatic nitrogens is 2. The number of fused-ring (bicyclic) bond motifs is 1. The zero-order valence-corrected chi connectivity index (χ0v) is 14.0. The molecular weight excluding hydrogens is 282 g/mol. The SMILES string of the molecule is Cc1sc2ncnc(O[C@H]3CC[C@H](N(C)C)CC3)c2c1C. The molecule has 0 N–H and O–H groups in total. The number of rotatable bonds is 3. The van der Waals surface area contributed by atoms with Crippen molar-refractivity contribution in [3.63, 3.8) is 0 Å². The van der Waals surface area contributed by atoms with Gasteiger partial charge in [0, 0.05) is 10.9 Å². The third kappa shape index (κ3) is 2.90. The largest absolute Gasteiger partial charge is 0.474 e. The van der Waals surface area contributed by atoms with Gasteiger partial charge < -0.3 is 9.64 Å². The predicted octanol–water partition coefficient (Wildman–Crippen LogP) is 3.56. The van der Waals surface area contributed by atoms with Gasteiger partial charge in [-0.15, -0.1) is 11.3 Å². The average molecular weight is 305 g/mol. The number of ether oxygens (including phenoxy) is 1. The fraction of sp³-hybridized carbons (Fsp3) is 0.625. The predicted molar refractivity (Wildman–Crippen MR) is 87.2 cm³/mol. The molecule has 114 valence electrons. The van der Waals surface area contributed by atoms with E-state index < -0.39 is 0 Å². The molecule has 1 aliphatic rings. The maximum absolute atomic E-state index is 6.23. The van der Waals surface area contributed by atoms with Crippen LogP contribution in [0.25, 0.3) is 10.2 Å². The summed E-state index contributed by atoms with van der Waals surface area (Å²) in [6, 6.07) is 0.695. The van der Waals surface area contributed by atoms with E-state index >= 15 is 0 Å². The van der Waals surface area contributed by atoms with Crippen LogP contribution in [-0.2, 0) is 0 Å². The summed E-state index contributed by atoms with van der Waals surface area (Å²) in [4.78, 5) is 13.4. The third-order valence-corrected chi connectivity index (χ3v) is 5.70. The van der Waals surface area contributed by atoms with Gasteiger partial charge >= 0.3 is 0 Å². The number of aryl methyl sites for hydroxylation is 2. The molecule has 2 heterocycles. The molecule has 1 saturated carbocycles. The lowest BCUT2D eigenvalue weighted by atomic mass is 9.92. The Morgan fingerprint density at radius 2 is 1.86 bits per heavy atom. The molecule has 0 atom stereocenters. The molecule has 0 aromatic carbocycles. The van der Waals surface area contributed by atoms with Crippen LogP contribution in [-0.4, -0.2) is 41.1 Å². The quantitative estimate of drug-likeness (QED) is 0.869. The van der Waals surface area contributed by atoms with Crippen LogP contribution in [0.1, 0.15) is 36.1 Å². The second-order valence-corrected chi connectivity index (χ2v) is 7.36. The zero-order valence-electron chi connectivity index (χ0n) is 13.2. The lowest BCUT2D eigenvalue weighted by molar-refractivity contribution is 0.108. The fourth-order valence-electron chi connectivity index (χ4n) is 3.08. The van der Waals surface area contributed by atoms with Crippen molar-refractivity contribution in [3.05, 3.63) is 16.8 Å². The van der Waals surface area contributed by atoms with Crippen LogP contribution in [0.15, 0.2) is 6.33 Å². The maximum atomic E-state index is 6.23. The highest BCUT2D eigenvalue weighted by Gasteiger charge is 2.25. The number of nitrogens with zero attached hydrogens (tertiary/aromatic N) is 3. The first kappa shape index (κ1) is 14.7. The number of hydrogen-bond donors (Lipinski definition) is 0. The smallest absolute Gasteiger partial charge is 0.225 e. The van der Waals surface area contributed by atoms with Gasteiger partial charge in [-0.1, -0.05) is 0 Å². The molecule has 2 aromatic heterocycles. The summed E-state index contributed by atoms with van der Waals surface area (Å²) in [7, 11) is 4.33. The van der Waals surface area contributed by atoms with E-state index in [2.05, 4.69) is 42.8 Å². The summed E-state index contributed by atoms with van der Waals surface area (Å²) in [5.74, 6) is 0.773. The molecule has 1 fully saturated rings. The molecule has 0 radical (unpaired) electrons. The number of thiophene rings is 1. The Morgan fingerprint density at radius 3 is 2.52 bits per heavy atom. The van der Waals surface area contributed by atoms with E-state index in [1.165, 1.54) is 23.3 Å². The second-order valence-electron chi connectivity index (χ2n) is 6.15. The van der Waals surface area contributed by atoms with E-state index in [4.69, 9.17) is 4.74 Å². The van der Waals surface area contributed by atoms with Gasteiger partial charge in [0.05, 0.1) is 5.39 Å². The Kier molecular flexibility index (Phi) is 4.13. The lowest BCUT2D eigenvalue weighted by Gasteiger charge is -2.32. The normalized spacial score (nSPS) is 22.9. The molecule has 0 bridgehead atoms. The molecule has 2 aromatic rings.